The van der Waals surface area contributed by atoms with Crippen molar-refractivity contribution in [1.29, 1.82) is 0 Å². The van der Waals surface area contributed by atoms with Gasteiger partial charge in [0.05, 0.1) is 22.4 Å². The predicted molar refractivity (Wildman–Crippen MR) is 97.1 cm³/mol. The van der Waals surface area contributed by atoms with Crippen LogP contribution in [0.1, 0.15) is 0 Å². The second-order valence-corrected chi connectivity index (χ2v) is 5.90. The first-order valence-electron chi connectivity index (χ1n) is 7.53. The lowest BCUT2D eigenvalue weighted by atomic mass is 10.0. The third kappa shape index (κ3) is 2.70. The highest BCUT2D eigenvalue weighted by Crippen LogP contribution is 2.32. The fraction of sp³-hybridized carbons (Fsp3) is 0. The molecule has 0 aliphatic carbocycles. The molecule has 0 radical (unpaired) electrons. The first kappa shape index (κ1) is 14.7. The zero-order valence-corrected chi connectivity index (χ0v) is 13.4. The lowest BCUT2D eigenvalue weighted by Crippen LogP contribution is -1.95. The number of halogens is 1. The molecule has 4 heteroatoms. The van der Waals surface area contributed by atoms with Crippen LogP contribution in [0, 0.1) is 0 Å². The molecule has 4 aromatic rings. The van der Waals surface area contributed by atoms with Crippen LogP contribution in [0.25, 0.3) is 33.5 Å². The van der Waals surface area contributed by atoms with Crippen LogP contribution in [0.2, 0.25) is 5.02 Å². The maximum absolute atomic E-state index is 9.54. The number of aromatic hydroxyl groups is 1. The molecule has 0 spiro atoms. The first-order valence-corrected chi connectivity index (χ1v) is 7.91. The molecule has 1 N–H and O–H groups in total. The van der Waals surface area contributed by atoms with E-state index in [-0.39, 0.29) is 5.75 Å². The van der Waals surface area contributed by atoms with Gasteiger partial charge in [0.2, 0.25) is 0 Å². The molecule has 0 aliphatic heterocycles. The monoisotopic (exact) mass is 332 g/mol. The Morgan fingerprint density at radius 1 is 0.667 bits per heavy atom. The SMILES string of the molecule is Oc1ccc(-c2nc3ccccc3nc2-c2cccc(Cl)c2)cc1. The standard InChI is InChI=1S/C20H13ClN2O/c21-15-5-3-4-14(12-15)20-19(13-8-10-16(24)11-9-13)22-17-6-1-2-7-18(17)23-20/h1-12,24H. The summed E-state index contributed by atoms with van der Waals surface area (Å²) in [7, 11) is 0. The Kier molecular flexibility index (Phi) is 3.63. The quantitative estimate of drug-likeness (QED) is 0.540. The summed E-state index contributed by atoms with van der Waals surface area (Å²) in [6.07, 6.45) is 0. The molecule has 0 saturated heterocycles. The van der Waals surface area contributed by atoms with E-state index >= 15 is 0 Å². The Labute approximate surface area is 144 Å². The summed E-state index contributed by atoms with van der Waals surface area (Å²) >= 11 is 6.15. The van der Waals surface area contributed by atoms with Crippen molar-refractivity contribution >= 4 is 22.6 Å². The smallest absolute Gasteiger partial charge is 0.115 e. The normalized spacial score (nSPS) is 10.9. The zero-order valence-electron chi connectivity index (χ0n) is 12.6. The van der Waals surface area contributed by atoms with Crippen molar-refractivity contribution in [2.45, 2.75) is 0 Å². The van der Waals surface area contributed by atoms with Gasteiger partial charge in [0, 0.05) is 16.1 Å². The van der Waals surface area contributed by atoms with Crippen molar-refractivity contribution in [1.82, 2.24) is 9.97 Å². The Bertz CT molecular complexity index is 1030. The summed E-state index contributed by atoms with van der Waals surface area (Å²) in [6, 6.07) is 22.3. The minimum Gasteiger partial charge on any atom is -0.508 e. The van der Waals surface area contributed by atoms with Crippen LogP contribution in [0.3, 0.4) is 0 Å². The van der Waals surface area contributed by atoms with E-state index in [4.69, 9.17) is 21.6 Å². The largest absolute Gasteiger partial charge is 0.508 e. The second-order valence-electron chi connectivity index (χ2n) is 5.47. The summed E-state index contributed by atoms with van der Waals surface area (Å²) in [5.41, 5.74) is 4.98. The van der Waals surface area contributed by atoms with Gasteiger partial charge in [0.15, 0.2) is 0 Å². The molecule has 4 rings (SSSR count). The molecule has 1 heterocycles. The number of benzene rings is 3. The van der Waals surface area contributed by atoms with E-state index in [2.05, 4.69) is 0 Å². The molecule has 0 aliphatic rings. The molecule has 0 unspecified atom stereocenters. The molecule has 116 valence electrons. The van der Waals surface area contributed by atoms with Crippen LogP contribution in [0.4, 0.5) is 0 Å². The van der Waals surface area contributed by atoms with Crippen molar-refractivity contribution in [3.63, 3.8) is 0 Å². The Morgan fingerprint density at radius 2 is 1.29 bits per heavy atom. The van der Waals surface area contributed by atoms with Crippen LogP contribution in [-0.4, -0.2) is 15.1 Å². The minimum absolute atomic E-state index is 0.219. The number of aromatic nitrogens is 2. The highest BCUT2D eigenvalue weighted by molar-refractivity contribution is 6.30. The number of rotatable bonds is 2. The van der Waals surface area contributed by atoms with Crippen molar-refractivity contribution in [2.24, 2.45) is 0 Å². The number of fused-ring (bicyclic) bond motifs is 1. The van der Waals surface area contributed by atoms with E-state index in [0.29, 0.717) is 5.02 Å². The van der Waals surface area contributed by atoms with Gasteiger partial charge in [-0.2, -0.15) is 0 Å². The molecule has 0 fully saturated rings. The number of hydrogen-bond acceptors (Lipinski definition) is 3. The molecule has 0 saturated carbocycles. The predicted octanol–water partition coefficient (Wildman–Crippen LogP) is 5.32. The van der Waals surface area contributed by atoms with E-state index in [0.717, 1.165) is 33.5 Å². The molecular weight excluding hydrogens is 320 g/mol. The van der Waals surface area contributed by atoms with Gasteiger partial charge in [-0.25, -0.2) is 9.97 Å². The highest BCUT2D eigenvalue weighted by Gasteiger charge is 2.13. The van der Waals surface area contributed by atoms with Crippen LogP contribution in [0.15, 0.2) is 72.8 Å². The minimum atomic E-state index is 0.219. The van der Waals surface area contributed by atoms with Crippen LogP contribution in [0.5, 0.6) is 5.75 Å². The van der Waals surface area contributed by atoms with E-state index in [1.165, 1.54) is 0 Å². The summed E-state index contributed by atoms with van der Waals surface area (Å²) in [5, 5.41) is 10.2. The Hall–Kier alpha value is -2.91. The molecule has 24 heavy (non-hydrogen) atoms. The average Bonchev–Trinajstić information content (AvgIpc) is 2.61. The molecule has 3 aromatic carbocycles. The van der Waals surface area contributed by atoms with Crippen molar-refractivity contribution in [2.75, 3.05) is 0 Å². The summed E-state index contributed by atoms with van der Waals surface area (Å²) in [6.45, 7) is 0. The third-order valence-electron chi connectivity index (χ3n) is 3.81. The van der Waals surface area contributed by atoms with E-state index in [1.54, 1.807) is 12.1 Å². The summed E-state index contributed by atoms with van der Waals surface area (Å²) < 4.78 is 0. The molecule has 0 amide bonds. The van der Waals surface area contributed by atoms with Crippen molar-refractivity contribution in [3.05, 3.63) is 77.8 Å². The summed E-state index contributed by atoms with van der Waals surface area (Å²) in [5.74, 6) is 0.219. The van der Waals surface area contributed by atoms with Crippen LogP contribution >= 0.6 is 11.6 Å². The van der Waals surface area contributed by atoms with Gasteiger partial charge in [-0.05, 0) is 48.5 Å². The van der Waals surface area contributed by atoms with Crippen LogP contribution in [-0.2, 0) is 0 Å². The second kappa shape index (κ2) is 5.95. The number of phenols is 1. The van der Waals surface area contributed by atoms with E-state index in [9.17, 15) is 5.11 Å². The van der Waals surface area contributed by atoms with Crippen molar-refractivity contribution in [3.8, 4) is 28.3 Å². The van der Waals surface area contributed by atoms with Gasteiger partial charge >= 0.3 is 0 Å². The lowest BCUT2D eigenvalue weighted by Gasteiger charge is -2.11. The van der Waals surface area contributed by atoms with E-state index in [1.807, 2.05) is 60.7 Å². The van der Waals surface area contributed by atoms with Gasteiger partial charge in [-0.1, -0.05) is 35.9 Å². The fourth-order valence-electron chi connectivity index (χ4n) is 2.66. The van der Waals surface area contributed by atoms with Gasteiger partial charge in [0.1, 0.15) is 5.75 Å². The lowest BCUT2D eigenvalue weighted by molar-refractivity contribution is 0.475. The maximum Gasteiger partial charge on any atom is 0.115 e. The molecule has 3 nitrogen and oxygen atoms in total. The van der Waals surface area contributed by atoms with Crippen LogP contribution < -0.4 is 0 Å². The summed E-state index contributed by atoms with van der Waals surface area (Å²) in [4.78, 5) is 9.60. The van der Waals surface area contributed by atoms with Gasteiger partial charge in [-0.3, -0.25) is 0 Å². The number of para-hydroxylation sites is 2. The van der Waals surface area contributed by atoms with Gasteiger partial charge < -0.3 is 5.11 Å². The molecule has 0 atom stereocenters. The topological polar surface area (TPSA) is 46.0 Å². The average molecular weight is 333 g/mol. The molecule has 0 bridgehead atoms. The molecular formula is C20H13ClN2O. The number of nitrogens with zero attached hydrogens (tertiary/aromatic N) is 2. The van der Waals surface area contributed by atoms with Gasteiger partial charge in [0.25, 0.3) is 0 Å². The fourth-order valence-corrected chi connectivity index (χ4v) is 2.85. The van der Waals surface area contributed by atoms with Crippen molar-refractivity contribution < 1.29 is 5.11 Å². The maximum atomic E-state index is 9.54. The Morgan fingerprint density at radius 3 is 1.92 bits per heavy atom. The number of hydrogen-bond donors (Lipinski definition) is 1. The highest BCUT2D eigenvalue weighted by atomic mass is 35.5. The number of phenolic OH excluding ortho intramolecular Hbond substituents is 1. The molecule has 1 aromatic heterocycles. The van der Waals surface area contributed by atoms with E-state index < -0.39 is 0 Å². The Balaban J connectivity index is 2.02. The zero-order chi connectivity index (χ0) is 16.5. The van der Waals surface area contributed by atoms with Gasteiger partial charge in [-0.15, -0.1) is 0 Å². The first-order chi connectivity index (χ1) is 11.7. The third-order valence-corrected chi connectivity index (χ3v) is 4.04.